The van der Waals surface area contributed by atoms with Crippen LogP contribution < -0.4 is 5.32 Å². The molecular formula is C17H30N4. The smallest absolute Gasteiger partial charge is 0.0925 e. The third-order valence-electron chi connectivity index (χ3n) is 5.24. The maximum absolute atomic E-state index is 4.38. The van der Waals surface area contributed by atoms with Gasteiger partial charge in [-0.05, 0) is 45.1 Å². The number of aromatic nitrogens is 2. The van der Waals surface area contributed by atoms with Crippen molar-refractivity contribution < 1.29 is 0 Å². The van der Waals surface area contributed by atoms with Crippen LogP contribution in [0.3, 0.4) is 0 Å². The minimum atomic E-state index is 0.637. The van der Waals surface area contributed by atoms with Crippen molar-refractivity contribution in [3.63, 3.8) is 0 Å². The Bertz CT molecular complexity index is 422. The van der Waals surface area contributed by atoms with Crippen LogP contribution in [0.15, 0.2) is 6.33 Å². The standard InChI is InChI=1S/C17H30N4/c1-14-17(20-13-19-14)10-18-16-8-5-9-21(12-16)11-15-6-3-2-4-7-15/h13,15-16,18H,2-12H2,1H3,(H,19,20). The molecule has 2 heterocycles. The first-order chi connectivity index (χ1) is 10.3. The van der Waals surface area contributed by atoms with Crippen LogP contribution >= 0.6 is 0 Å². The number of hydrogen-bond donors (Lipinski definition) is 2. The van der Waals surface area contributed by atoms with Gasteiger partial charge in [0.05, 0.1) is 12.0 Å². The second-order valence-corrected chi connectivity index (χ2v) is 6.96. The molecule has 1 aliphatic heterocycles. The van der Waals surface area contributed by atoms with E-state index in [1.165, 1.54) is 76.0 Å². The van der Waals surface area contributed by atoms with Crippen LogP contribution in [-0.2, 0) is 6.54 Å². The molecule has 0 amide bonds. The lowest BCUT2D eigenvalue weighted by molar-refractivity contribution is 0.149. The van der Waals surface area contributed by atoms with Crippen molar-refractivity contribution in [2.45, 2.75) is 64.5 Å². The van der Waals surface area contributed by atoms with Gasteiger partial charge in [-0.2, -0.15) is 0 Å². The van der Waals surface area contributed by atoms with Gasteiger partial charge in [0.1, 0.15) is 0 Å². The second kappa shape index (κ2) is 7.41. The van der Waals surface area contributed by atoms with Crippen molar-refractivity contribution in [1.82, 2.24) is 20.2 Å². The first-order valence-corrected chi connectivity index (χ1v) is 8.76. The molecule has 1 saturated heterocycles. The summed E-state index contributed by atoms with van der Waals surface area (Å²) >= 11 is 0. The third-order valence-corrected chi connectivity index (χ3v) is 5.24. The lowest BCUT2D eigenvalue weighted by Gasteiger charge is -2.36. The van der Waals surface area contributed by atoms with Crippen molar-refractivity contribution in [3.05, 3.63) is 17.7 Å². The minimum Gasteiger partial charge on any atom is -0.348 e. The van der Waals surface area contributed by atoms with Gasteiger partial charge >= 0.3 is 0 Å². The summed E-state index contributed by atoms with van der Waals surface area (Å²) in [5.74, 6) is 0.964. The van der Waals surface area contributed by atoms with Crippen molar-refractivity contribution in [1.29, 1.82) is 0 Å². The van der Waals surface area contributed by atoms with Gasteiger partial charge < -0.3 is 15.2 Å². The number of aromatic amines is 1. The van der Waals surface area contributed by atoms with Gasteiger partial charge in [-0.1, -0.05) is 19.3 Å². The zero-order chi connectivity index (χ0) is 14.5. The van der Waals surface area contributed by atoms with Crippen LogP contribution in [0.5, 0.6) is 0 Å². The first-order valence-electron chi connectivity index (χ1n) is 8.76. The quantitative estimate of drug-likeness (QED) is 0.876. The van der Waals surface area contributed by atoms with Crippen molar-refractivity contribution in [2.75, 3.05) is 19.6 Å². The highest BCUT2D eigenvalue weighted by Gasteiger charge is 2.23. The number of piperidine rings is 1. The number of aryl methyl sites for hydroxylation is 1. The van der Waals surface area contributed by atoms with Crippen molar-refractivity contribution in [3.8, 4) is 0 Å². The van der Waals surface area contributed by atoms with E-state index in [0.717, 1.165) is 12.5 Å². The van der Waals surface area contributed by atoms with Gasteiger partial charge in [-0.25, -0.2) is 4.98 Å². The highest BCUT2D eigenvalue weighted by molar-refractivity contribution is 5.08. The maximum atomic E-state index is 4.38. The van der Waals surface area contributed by atoms with E-state index in [0.29, 0.717) is 6.04 Å². The van der Waals surface area contributed by atoms with E-state index in [2.05, 4.69) is 27.1 Å². The van der Waals surface area contributed by atoms with E-state index < -0.39 is 0 Å². The lowest BCUT2D eigenvalue weighted by atomic mass is 9.88. The summed E-state index contributed by atoms with van der Waals surface area (Å²) in [7, 11) is 0. The maximum Gasteiger partial charge on any atom is 0.0925 e. The summed E-state index contributed by atoms with van der Waals surface area (Å²) in [4.78, 5) is 10.2. The Morgan fingerprint density at radius 2 is 2.10 bits per heavy atom. The number of nitrogens with one attached hydrogen (secondary N) is 2. The van der Waals surface area contributed by atoms with Gasteiger partial charge in [-0.3, -0.25) is 0 Å². The monoisotopic (exact) mass is 290 g/mol. The SMILES string of the molecule is Cc1[nH]cnc1CNC1CCCN(CC2CCCCC2)C1. The molecule has 2 N–H and O–H groups in total. The average Bonchev–Trinajstić information content (AvgIpc) is 2.92. The molecule has 3 rings (SSSR count). The Morgan fingerprint density at radius 3 is 2.86 bits per heavy atom. The Morgan fingerprint density at radius 1 is 1.24 bits per heavy atom. The van der Waals surface area contributed by atoms with Crippen LogP contribution in [0.4, 0.5) is 0 Å². The molecule has 2 aliphatic rings. The normalized spacial score (nSPS) is 25.3. The molecule has 1 aromatic heterocycles. The molecular weight excluding hydrogens is 260 g/mol. The largest absolute Gasteiger partial charge is 0.348 e. The van der Waals surface area contributed by atoms with Crippen LogP contribution in [0.2, 0.25) is 0 Å². The van der Waals surface area contributed by atoms with Gasteiger partial charge in [-0.15, -0.1) is 0 Å². The molecule has 1 unspecified atom stereocenters. The molecule has 118 valence electrons. The van der Waals surface area contributed by atoms with E-state index in [9.17, 15) is 0 Å². The molecule has 0 radical (unpaired) electrons. The van der Waals surface area contributed by atoms with E-state index >= 15 is 0 Å². The molecule has 1 atom stereocenters. The molecule has 2 fully saturated rings. The fourth-order valence-electron chi connectivity index (χ4n) is 3.93. The zero-order valence-corrected chi connectivity index (χ0v) is 13.4. The summed E-state index contributed by atoms with van der Waals surface area (Å²) in [5.41, 5.74) is 2.36. The Kier molecular flexibility index (Phi) is 5.31. The van der Waals surface area contributed by atoms with E-state index in [4.69, 9.17) is 0 Å². The molecule has 0 aromatic carbocycles. The van der Waals surface area contributed by atoms with Crippen LogP contribution in [-0.4, -0.2) is 40.5 Å². The average molecular weight is 290 g/mol. The van der Waals surface area contributed by atoms with Crippen molar-refractivity contribution in [2.24, 2.45) is 5.92 Å². The van der Waals surface area contributed by atoms with Gasteiger partial charge in [0, 0.05) is 31.4 Å². The number of imidazole rings is 1. The molecule has 1 aliphatic carbocycles. The Balaban J connectivity index is 1.43. The number of hydrogen-bond acceptors (Lipinski definition) is 3. The minimum absolute atomic E-state index is 0.637. The Labute approximate surface area is 128 Å². The van der Waals surface area contributed by atoms with Crippen LogP contribution in [0, 0.1) is 12.8 Å². The van der Waals surface area contributed by atoms with E-state index in [1.54, 1.807) is 6.33 Å². The lowest BCUT2D eigenvalue weighted by Crippen LogP contribution is -2.47. The summed E-state index contributed by atoms with van der Waals surface area (Å²) in [6.45, 7) is 6.85. The number of likely N-dealkylation sites (tertiary alicyclic amines) is 1. The van der Waals surface area contributed by atoms with Crippen molar-refractivity contribution >= 4 is 0 Å². The number of rotatable bonds is 5. The predicted octanol–water partition coefficient (Wildman–Crippen LogP) is 2.85. The summed E-state index contributed by atoms with van der Waals surface area (Å²) in [5, 5.41) is 3.71. The van der Waals surface area contributed by atoms with Gasteiger partial charge in [0.2, 0.25) is 0 Å². The van der Waals surface area contributed by atoms with E-state index in [1.807, 2.05) is 0 Å². The number of nitrogens with zero attached hydrogens (tertiary/aromatic N) is 2. The second-order valence-electron chi connectivity index (χ2n) is 6.96. The molecule has 4 nitrogen and oxygen atoms in total. The van der Waals surface area contributed by atoms with Crippen LogP contribution in [0.1, 0.15) is 56.3 Å². The van der Waals surface area contributed by atoms with Crippen LogP contribution in [0.25, 0.3) is 0 Å². The fourth-order valence-corrected chi connectivity index (χ4v) is 3.93. The highest BCUT2D eigenvalue weighted by atomic mass is 15.2. The topological polar surface area (TPSA) is 44.0 Å². The Hall–Kier alpha value is -0.870. The fraction of sp³-hybridized carbons (Fsp3) is 0.824. The molecule has 1 saturated carbocycles. The van der Waals surface area contributed by atoms with Gasteiger partial charge in [0.25, 0.3) is 0 Å². The summed E-state index contributed by atoms with van der Waals surface area (Å²) in [6, 6.07) is 0.637. The van der Waals surface area contributed by atoms with E-state index in [-0.39, 0.29) is 0 Å². The first kappa shape index (κ1) is 15.0. The van der Waals surface area contributed by atoms with Gasteiger partial charge in [0.15, 0.2) is 0 Å². The summed E-state index contributed by atoms with van der Waals surface area (Å²) < 4.78 is 0. The third kappa shape index (κ3) is 4.30. The molecule has 4 heteroatoms. The zero-order valence-electron chi connectivity index (χ0n) is 13.4. The molecule has 0 spiro atoms. The highest BCUT2D eigenvalue weighted by Crippen LogP contribution is 2.25. The molecule has 0 bridgehead atoms. The summed E-state index contributed by atoms with van der Waals surface area (Å²) in [6.07, 6.45) is 11.7. The predicted molar refractivity (Wildman–Crippen MR) is 86.2 cm³/mol. The number of H-pyrrole nitrogens is 1. The molecule has 21 heavy (non-hydrogen) atoms. The molecule has 1 aromatic rings.